The highest BCUT2D eigenvalue weighted by atomic mass is 15.2. The lowest BCUT2D eigenvalue weighted by Crippen LogP contribution is -1.79. The summed E-state index contributed by atoms with van der Waals surface area (Å²) in [6.45, 7) is 1.85. The van der Waals surface area contributed by atoms with Gasteiger partial charge in [-0.1, -0.05) is 0 Å². The molecule has 0 radical (unpaired) electrons. The van der Waals surface area contributed by atoms with Gasteiger partial charge < -0.3 is 0 Å². The molecule has 3 heteroatoms. The topological polar surface area (TPSA) is 29.1 Å². The fraction of sp³-hybridized carbons (Fsp3) is 0.667. The molecule has 0 N–H and O–H groups in total. The van der Waals surface area contributed by atoms with Crippen LogP contribution in [0.2, 0.25) is 0 Å². The van der Waals surface area contributed by atoms with E-state index in [9.17, 15) is 0 Å². The Balaban J connectivity index is 2.71. The van der Waals surface area contributed by atoms with Crippen molar-refractivity contribution in [3.05, 3.63) is 4.85 Å². The Hall–Kier alpha value is -0.910. The summed E-state index contributed by atoms with van der Waals surface area (Å²) in [6.07, 6.45) is 2.37. The molecular weight excluding hydrogens is 78.1 g/mol. The first kappa shape index (κ1) is 3.29. The highest BCUT2D eigenvalue weighted by Crippen LogP contribution is 1.96. The molecule has 6 heavy (non-hydrogen) atoms. The normalized spacial score (nSPS) is 26.5. The van der Waals surface area contributed by atoms with Gasteiger partial charge in [0.25, 0.3) is 0 Å². The molecule has 0 spiro atoms. The Bertz CT molecular complexity index is 127. The molecule has 1 atom stereocenters. The maximum absolute atomic E-state index is 3.65. The van der Waals surface area contributed by atoms with Gasteiger partial charge in [0.1, 0.15) is 5.11 Å². The summed E-state index contributed by atoms with van der Waals surface area (Å²) in [5.74, 6) is 0. The minimum absolute atomic E-state index is 0.0185. The van der Waals surface area contributed by atoms with Crippen molar-refractivity contribution in [1.82, 2.24) is 0 Å². The lowest BCUT2D eigenvalue weighted by molar-refractivity contribution is 0.883. The standard InChI is InChI=1S/C3H4N3/c1-3-4-2-5-6-3/h3H,1H3/q+1. The average molecular weight is 82.1 g/mol. The molecule has 0 bridgehead atoms. The van der Waals surface area contributed by atoms with Gasteiger partial charge in [0.05, 0.1) is 0 Å². The highest BCUT2D eigenvalue weighted by Gasteiger charge is 2.07. The first-order chi connectivity index (χ1) is 2.89. The molecule has 0 aromatic rings. The Morgan fingerprint density at radius 2 is 2.67 bits per heavy atom. The molecular formula is C3H4N3+. The maximum Gasteiger partial charge on any atom is 0.452 e. The van der Waals surface area contributed by atoms with Gasteiger partial charge in [0.2, 0.25) is 0 Å². The van der Waals surface area contributed by atoms with Gasteiger partial charge in [-0.2, -0.15) is 4.85 Å². The van der Waals surface area contributed by atoms with E-state index in [4.69, 9.17) is 0 Å². The summed E-state index contributed by atoms with van der Waals surface area (Å²) in [5, 5.41) is 6.96. The molecule has 0 saturated carbocycles. The van der Waals surface area contributed by atoms with Crippen molar-refractivity contribution < 1.29 is 0 Å². The summed E-state index contributed by atoms with van der Waals surface area (Å²) >= 11 is 0. The Kier molecular flexibility index (Phi) is 0.577. The van der Waals surface area contributed by atoms with E-state index in [0.717, 1.165) is 0 Å². The second-order valence-electron chi connectivity index (χ2n) is 1.08. The van der Waals surface area contributed by atoms with Crippen LogP contribution in [0.4, 0.5) is 0 Å². The van der Waals surface area contributed by atoms with Crippen LogP contribution in [-0.2, 0) is 0 Å². The molecule has 0 fully saturated rings. The van der Waals surface area contributed by atoms with Crippen molar-refractivity contribution in [2.75, 3.05) is 0 Å². The average Bonchev–Trinajstić information content (AvgIpc) is 1.86. The molecule has 3 nitrogen and oxygen atoms in total. The number of nitrogens with zero attached hydrogens (tertiary/aromatic N) is 3. The second-order valence-corrected chi connectivity index (χ2v) is 1.08. The Labute approximate surface area is 35.5 Å². The van der Waals surface area contributed by atoms with Crippen molar-refractivity contribution in [3.8, 4) is 6.19 Å². The van der Waals surface area contributed by atoms with Crippen molar-refractivity contribution in [2.24, 2.45) is 10.2 Å². The SMILES string of the molecule is CC1N=NC#[N+]1. The summed E-state index contributed by atoms with van der Waals surface area (Å²) in [5.41, 5.74) is 0. The second kappa shape index (κ2) is 1.05. The van der Waals surface area contributed by atoms with Gasteiger partial charge in [0.15, 0.2) is 0 Å². The number of rotatable bonds is 0. The van der Waals surface area contributed by atoms with E-state index in [1.165, 1.54) is 0 Å². The summed E-state index contributed by atoms with van der Waals surface area (Å²) in [6, 6.07) is 0. The first-order valence-corrected chi connectivity index (χ1v) is 1.74. The molecule has 1 aliphatic heterocycles. The van der Waals surface area contributed by atoms with Crippen LogP contribution in [0.1, 0.15) is 6.92 Å². The first-order valence-electron chi connectivity index (χ1n) is 1.74. The fourth-order valence-corrected chi connectivity index (χ4v) is 0.245. The lowest BCUT2D eigenvalue weighted by Gasteiger charge is -1.66. The van der Waals surface area contributed by atoms with Gasteiger partial charge in [-0.15, -0.1) is 0 Å². The van der Waals surface area contributed by atoms with Crippen LogP contribution < -0.4 is 0 Å². The van der Waals surface area contributed by atoms with Crippen LogP contribution in [0.5, 0.6) is 0 Å². The third kappa shape index (κ3) is 0.364. The zero-order chi connectivity index (χ0) is 4.41. The van der Waals surface area contributed by atoms with Crippen molar-refractivity contribution >= 4 is 0 Å². The van der Waals surface area contributed by atoms with Crippen LogP contribution in [-0.4, -0.2) is 6.17 Å². The summed E-state index contributed by atoms with van der Waals surface area (Å²) in [7, 11) is 0. The van der Waals surface area contributed by atoms with Gasteiger partial charge in [0, 0.05) is 12.0 Å². The number of hydrogen-bond donors (Lipinski definition) is 0. The molecule has 0 aromatic carbocycles. The van der Waals surface area contributed by atoms with E-state index < -0.39 is 0 Å². The van der Waals surface area contributed by atoms with Gasteiger partial charge >= 0.3 is 12.4 Å². The molecule has 1 rings (SSSR count). The molecule has 1 aliphatic rings. The molecule has 30 valence electrons. The number of hydrogen-bond acceptors (Lipinski definition) is 2. The molecule has 1 heterocycles. The third-order valence-electron chi connectivity index (χ3n) is 0.514. The zero-order valence-electron chi connectivity index (χ0n) is 3.42. The smallest absolute Gasteiger partial charge is 0.164 e. The van der Waals surface area contributed by atoms with Crippen LogP contribution in [0.25, 0.3) is 4.85 Å². The fourth-order valence-electron chi connectivity index (χ4n) is 0.245. The van der Waals surface area contributed by atoms with Crippen LogP contribution in [0.3, 0.4) is 0 Å². The highest BCUT2D eigenvalue weighted by molar-refractivity contribution is 4.91. The van der Waals surface area contributed by atoms with Crippen molar-refractivity contribution in [2.45, 2.75) is 13.1 Å². The van der Waals surface area contributed by atoms with Gasteiger partial charge in [-0.3, -0.25) is 0 Å². The minimum atomic E-state index is 0.0185. The van der Waals surface area contributed by atoms with Crippen LogP contribution >= 0.6 is 0 Å². The van der Waals surface area contributed by atoms with E-state index in [1.807, 2.05) is 6.92 Å². The summed E-state index contributed by atoms with van der Waals surface area (Å²) < 4.78 is 0. The number of azo groups is 1. The van der Waals surface area contributed by atoms with E-state index in [0.29, 0.717) is 0 Å². The zero-order valence-corrected chi connectivity index (χ0v) is 3.42. The van der Waals surface area contributed by atoms with Gasteiger partial charge in [-0.05, 0) is 0 Å². The predicted octanol–water partition coefficient (Wildman–Crippen LogP) is 1.09. The largest absolute Gasteiger partial charge is 0.452 e. The third-order valence-corrected chi connectivity index (χ3v) is 0.514. The Morgan fingerprint density at radius 3 is 2.83 bits per heavy atom. The molecule has 0 aliphatic carbocycles. The quantitative estimate of drug-likeness (QED) is 0.391. The molecule has 0 aromatic heterocycles. The molecule has 0 amide bonds. The monoisotopic (exact) mass is 82.0 g/mol. The van der Waals surface area contributed by atoms with E-state index in [1.54, 1.807) is 0 Å². The van der Waals surface area contributed by atoms with Crippen LogP contribution in [0.15, 0.2) is 10.2 Å². The van der Waals surface area contributed by atoms with E-state index in [2.05, 4.69) is 21.3 Å². The van der Waals surface area contributed by atoms with E-state index in [-0.39, 0.29) is 6.17 Å². The van der Waals surface area contributed by atoms with E-state index >= 15 is 0 Å². The lowest BCUT2D eigenvalue weighted by atomic mass is 10.7. The predicted molar refractivity (Wildman–Crippen MR) is 21.6 cm³/mol. The van der Waals surface area contributed by atoms with Gasteiger partial charge in [-0.25, -0.2) is 0 Å². The van der Waals surface area contributed by atoms with Crippen molar-refractivity contribution in [1.29, 1.82) is 0 Å². The maximum atomic E-state index is 3.65. The molecule has 1 unspecified atom stereocenters. The van der Waals surface area contributed by atoms with Crippen molar-refractivity contribution in [3.63, 3.8) is 0 Å². The minimum Gasteiger partial charge on any atom is -0.164 e. The van der Waals surface area contributed by atoms with Crippen LogP contribution in [0, 0.1) is 6.19 Å². The molecule has 0 saturated heterocycles. The Morgan fingerprint density at radius 1 is 1.83 bits per heavy atom. The summed E-state index contributed by atoms with van der Waals surface area (Å²) in [4.78, 5) is 3.65.